The first-order valence-electron chi connectivity index (χ1n) is 4.50. The Morgan fingerprint density at radius 3 is 1.18 bits per heavy atom. The number of nitrogens with zero attached hydrogens (tertiary/aromatic N) is 1. The van der Waals surface area contributed by atoms with Gasteiger partial charge in [0.2, 0.25) is 0 Å². The molecule has 0 aromatic carbocycles. The number of rotatable bonds is 3. The zero-order chi connectivity index (χ0) is 9.23. The van der Waals surface area contributed by atoms with Crippen LogP contribution in [0.25, 0.3) is 0 Å². The van der Waals surface area contributed by atoms with Crippen LogP contribution in [-0.2, 0) is 0 Å². The van der Waals surface area contributed by atoms with E-state index in [0.29, 0.717) is 17.4 Å². The van der Waals surface area contributed by atoms with Gasteiger partial charge in [-0.05, 0) is 32.9 Å². The maximum Gasteiger partial charge on any atom is 0.0221 e. The summed E-state index contributed by atoms with van der Waals surface area (Å²) in [6.45, 7) is 11.5. The molecule has 0 rings (SSSR count). The zero-order valence-electron chi connectivity index (χ0n) is 9.10. The fraction of sp³-hybridized carbons (Fsp3) is 1.00. The van der Waals surface area contributed by atoms with E-state index in [9.17, 15) is 0 Å². The average molecular weight is 157 g/mol. The Morgan fingerprint density at radius 2 is 1.18 bits per heavy atom. The summed E-state index contributed by atoms with van der Waals surface area (Å²) in [7, 11) is 4.33. The molecule has 0 bridgehead atoms. The smallest absolute Gasteiger partial charge is 0.0221 e. The highest BCUT2D eigenvalue weighted by Gasteiger charge is 2.33. The van der Waals surface area contributed by atoms with Crippen molar-refractivity contribution in [2.45, 2.75) is 40.2 Å². The molecule has 0 N–H and O–H groups in total. The van der Waals surface area contributed by atoms with Crippen molar-refractivity contribution < 1.29 is 0 Å². The first kappa shape index (κ1) is 11.0. The lowest BCUT2D eigenvalue weighted by atomic mass is 9.78. The van der Waals surface area contributed by atoms with E-state index >= 15 is 0 Å². The molecule has 0 aliphatic heterocycles. The Bertz CT molecular complexity index is 92.3. The second-order valence-corrected chi connectivity index (χ2v) is 4.43. The molecule has 0 aromatic rings. The molecule has 0 aromatic heterocycles. The quantitative estimate of drug-likeness (QED) is 0.608. The summed E-state index contributed by atoms with van der Waals surface area (Å²) in [5.41, 5.74) is 0.333. The summed E-state index contributed by atoms with van der Waals surface area (Å²) in [4.78, 5) is 2.34. The molecule has 0 unspecified atom stereocenters. The molecule has 0 saturated heterocycles. The van der Waals surface area contributed by atoms with Crippen LogP contribution >= 0.6 is 0 Å². The third-order valence-corrected chi connectivity index (χ3v) is 3.30. The van der Waals surface area contributed by atoms with E-state index in [2.05, 4.69) is 53.6 Å². The van der Waals surface area contributed by atoms with E-state index in [1.165, 1.54) is 0 Å². The molecule has 0 spiro atoms. The summed E-state index contributed by atoms with van der Waals surface area (Å²) in [5, 5.41) is 0. The van der Waals surface area contributed by atoms with Gasteiger partial charge in [-0.1, -0.05) is 27.7 Å². The second-order valence-electron chi connectivity index (χ2n) is 4.43. The lowest BCUT2D eigenvalue weighted by molar-refractivity contribution is 0.0642. The molecule has 11 heavy (non-hydrogen) atoms. The van der Waals surface area contributed by atoms with Crippen molar-refractivity contribution in [3.8, 4) is 0 Å². The molecular formula is C10H23N. The van der Waals surface area contributed by atoms with Crippen LogP contribution in [0.5, 0.6) is 0 Å². The molecule has 0 atom stereocenters. The van der Waals surface area contributed by atoms with Gasteiger partial charge in [0.25, 0.3) is 0 Å². The number of hydrogen-bond acceptors (Lipinski definition) is 1. The highest BCUT2D eigenvalue weighted by atomic mass is 15.1. The molecule has 0 radical (unpaired) electrons. The van der Waals surface area contributed by atoms with Crippen molar-refractivity contribution in [2.75, 3.05) is 14.1 Å². The molecule has 0 saturated carbocycles. The van der Waals surface area contributed by atoms with Crippen LogP contribution in [0.15, 0.2) is 0 Å². The van der Waals surface area contributed by atoms with E-state index in [1.807, 2.05) is 0 Å². The topological polar surface area (TPSA) is 3.24 Å². The average Bonchev–Trinajstić information content (AvgIpc) is 1.84. The van der Waals surface area contributed by atoms with Crippen molar-refractivity contribution in [1.82, 2.24) is 4.90 Å². The van der Waals surface area contributed by atoms with Crippen molar-refractivity contribution in [2.24, 2.45) is 11.8 Å². The summed E-state index contributed by atoms with van der Waals surface area (Å²) in [6, 6.07) is 0. The van der Waals surface area contributed by atoms with Gasteiger partial charge in [0.15, 0.2) is 0 Å². The molecule has 0 aliphatic carbocycles. The van der Waals surface area contributed by atoms with Gasteiger partial charge in [0.05, 0.1) is 0 Å². The third-order valence-electron chi connectivity index (χ3n) is 3.30. The molecule has 0 aliphatic rings. The first-order valence-corrected chi connectivity index (χ1v) is 4.50. The fourth-order valence-corrected chi connectivity index (χ4v) is 1.70. The largest absolute Gasteiger partial charge is 0.303 e. The van der Waals surface area contributed by atoms with Crippen LogP contribution in [0.3, 0.4) is 0 Å². The highest BCUT2D eigenvalue weighted by molar-refractivity contribution is 4.88. The minimum Gasteiger partial charge on any atom is -0.303 e. The van der Waals surface area contributed by atoms with Gasteiger partial charge in [-0.2, -0.15) is 0 Å². The van der Waals surface area contributed by atoms with Gasteiger partial charge in [-0.3, -0.25) is 0 Å². The normalized spacial score (nSPS) is 13.6. The monoisotopic (exact) mass is 157 g/mol. The molecule has 1 heteroatoms. The summed E-state index contributed by atoms with van der Waals surface area (Å²) in [5.74, 6) is 1.41. The molecule has 0 fully saturated rings. The Hall–Kier alpha value is -0.0400. The maximum absolute atomic E-state index is 2.34. The SMILES string of the molecule is CC(C)C(C)(C(C)C)N(C)C. The van der Waals surface area contributed by atoms with Crippen molar-refractivity contribution in [1.29, 1.82) is 0 Å². The van der Waals surface area contributed by atoms with Gasteiger partial charge in [0.1, 0.15) is 0 Å². The van der Waals surface area contributed by atoms with Gasteiger partial charge < -0.3 is 4.90 Å². The van der Waals surface area contributed by atoms with E-state index in [0.717, 1.165) is 0 Å². The van der Waals surface area contributed by atoms with Crippen molar-refractivity contribution >= 4 is 0 Å². The highest BCUT2D eigenvalue weighted by Crippen LogP contribution is 2.29. The summed E-state index contributed by atoms with van der Waals surface area (Å²) < 4.78 is 0. The van der Waals surface area contributed by atoms with Crippen LogP contribution in [0.4, 0.5) is 0 Å². The Morgan fingerprint density at radius 1 is 0.909 bits per heavy atom. The second kappa shape index (κ2) is 3.57. The van der Waals surface area contributed by atoms with Crippen LogP contribution in [0.1, 0.15) is 34.6 Å². The summed E-state index contributed by atoms with van der Waals surface area (Å²) in [6.07, 6.45) is 0. The lowest BCUT2D eigenvalue weighted by Crippen LogP contribution is -2.50. The Balaban J connectivity index is 4.53. The molecule has 0 amide bonds. The molecule has 0 heterocycles. The Kier molecular flexibility index (Phi) is 3.56. The van der Waals surface area contributed by atoms with E-state index in [-0.39, 0.29) is 0 Å². The van der Waals surface area contributed by atoms with Crippen molar-refractivity contribution in [3.63, 3.8) is 0 Å². The minimum atomic E-state index is 0.333. The van der Waals surface area contributed by atoms with Crippen molar-refractivity contribution in [3.05, 3.63) is 0 Å². The van der Waals surface area contributed by atoms with Crippen LogP contribution < -0.4 is 0 Å². The molecule has 68 valence electrons. The predicted octanol–water partition coefficient (Wildman–Crippen LogP) is 2.62. The lowest BCUT2D eigenvalue weighted by Gasteiger charge is -2.44. The minimum absolute atomic E-state index is 0.333. The van der Waals surface area contributed by atoms with Crippen LogP contribution in [0, 0.1) is 11.8 Å². The fourth-order valence-electron chi connectivity index (χ4n) is 1.70. The van der Waals surface area contributed by atoms with Gasteiger partial charge in [0, 0.05) is 5.54 Å². The standard InChI is InChI=1S/C10H23N/c1-8(2)10(5,9(3)4)11(6)7/h8-9H,1-7H3. The van der Waals surface area contributed by atoms with E-state index < -0.39 is 0 Å². The third kappa shape index (κ3) is 1.96. The van der Waals surface area contributed by atoms with Gasteiger partial charge in [-0.25, -0.2) is 0 Å². The van der Waals surface area contributed by atoms with Gasteiger partial charge in [-0.15, -0.1) is 0 Å². The van der Waals surface area contributed by atoms with Gasteiger partial charge >= 0.3 is 0 Å². The Labute approximate surface area is 71.8 Å². The molecule has 1 nitrogen and oxygen atoms in total. The zero-order valence-corrected chi connectivity index (χ0v) is 9.10. The van der Waals surface area contributed by atoms with Crippen LogP contribution in [-0.4, -0.2) is 24.5 Å². The molecular weight excluding hydrogens is 134 g/mol. The first-order chi connectivity index (χ1) is 4.83. The van der Waals surface area contributed by atoms with E-state index in [1.54, 1.807) is 0 Å². The van der Waals surface area contributed by atoms with E-state index in [4.69, 9.17) is 0 Å². The maximum atomic E-state index is 2.34. The predicted molar refractivity (Wildman–Crippen MR) is 51.8 cm³/mol. The summed E-state index contributed by atoms with van der Waals surface area (Å²) >= 11 is 0. The van der Waals surface area contributed by atoms with Crippen LogP contribution in [0.2, 0.25) is 0 Å². The number of hydrogen-bond donors (Lipinski definition) is 0.